The Morgan fingerprint density at radius 2 is 1.95 bits per heavy atom. The maximum absolute atomic E-state index is 13.8. The first-order valence-electron chi connectivity index (χ1n) is 6.19. The lowest BCUT2D eigenvalue weighted by molar-refractivity contribution is 0.570. The van der Waals surface area contributed by atoms with Gasteiger partial charge in [-0.05, 0) is 42.3 Å². The summed E-state index contributed by atoms with van der Waals surface area (Å²) in [5.74, 6) is -0.824. The van der Waals surface area contributed by atoms with Gasteiger partial charge in [-0.25, -0.2) is 12.8 Å². The summed E-state index contributed by atoms with van der Waals surface area (Å²) < 4.78 is 40.9. The zero-order chi connectivity index (χ0) is 15.6. The average Bonchev–Trinajstić information content (AvgIpc) is 2.37. The molecule has 21 heavy (non-hydrogen) atoms. The number of nitrogen functional groups attached to an aromatic ring is 1. The fraction of sp³-hybridized carbons (Fsp3) is 0.143. The minimum Gasteiger partial charge on any atom is -0.398 e. The lowest BCUT2D eigenvalue weighted by Crippen LogP contribution is -2.14. The van der Waals surface area contributed by atoms with E-state index in [1.54, 1.807) is 12.1 Å². The van der Waals surface area contributed by atoms with E-state index in [-0.39, 0.29) is 0 Å². The molecule has 0 saturated heterocycles. The standard InChI is InChI=1S/C14H14BrFN2O2S/c1-2-9-3-5-11(8-13(9)17)18-21(19,20)14-6-4-10(15)7-12(14)16/h3-8,18H,2,17H2,1H3. The second-order valence-corrected chi connectivity index (χ2v) is 7.01. The van der Waals surface area contributed by atoms with Gasteiger partial charge in [0, 0.05) is 10.2 Å². The molecule has 0 spiro atoms. The molecule has 2 aromatic carbocycles. The maximum atomic E-state index is 13.8. The van der Waals surface area contributed by atoms with Crippen LogP contribution in [0.25, 0.3) is 0 Å². The number of nitrogens with one attached hydrogen (secondary N) is 1. The molecule has 0 heterocycles. The quantitative estimate of drug-likeness (QED) is 0.806. The Bertz CT molecular complexity index is 779. The number of halogens is 2. The SMILES string of the molecule is CCc1ccc(NS(=O)(=O)c2ccc(Br)cc2F)cc1N. The molecule has 0 fully saturated rings. The highest BCUT2D eigenvalue weighted by Gasteiger charge is 2.19. The molecule has 3 N–H and O–H groups in total. The molecular formula is C14H14BrFN2O2S. The molecule has 0 aliphatic heterocycles. The van der Waals surface area contributed by atoms with Crippen molar-refractivity contribution in [2.24, 2.45) is 0 Å². The van der Waals surface area contributed by atoms with Gasteiger partial charge in [0.05, 0.1) is 5.69 Å². The van der Waals surface area contributed by atoms with Crippen LogP contribution in [0.1, 0.15) is 12.5 Å². The fourth-order valence-electron chi connectivity index (χ4n) is 1.88. The van der Waals surface area contributed by atoms with Crippen LogP contribution < -0.4 is 10.5 Å². The number of sulfonamides is 1. The molecule has 2 aromatic rings. The van der Waals surface area contributed by atoms with Gasteiger partial charge in [0.2, 0.25) is 0 Å². The molecule has 112 valence electrons. The van der Waals surface area contributed by atoms with Crippen molar-refractivity contribution in [1.82, 2.24) is 0 Å². The first-order valence-corrected chi connectivity index (χ1v) is 8.47. The van der Waals surface area contributed by atoms with Crippen molar-refractivity contribution in [3.8, 4) is 0 Å². The highest BCUT2D eigenvalue weighted by molar-refractivity contribution is 9.10. The highest BCUT2D eigenvalue weighted by atomic mass is 79.9. The van der Waals surface area contributed by atoms with E-state index in [4.69, 9.17) is 5.73 Å². The second kappa shape index (κ2) is 6.03. The first-order chi connectivity index (χ1) is 9.83. The molecule has 0 radical (unpaired) electrons. The van der Waals surface area contributed by atoms with E-state index in [1.807, 2.05) is 6.92 Å². The van der Waals surface area contributed by atoms with E-state index in [1.165, 1.54) is 18.2 Å². The third-order valence-corrected chi connectivity index (χ3v) is 4.87. The number of nitrogens with two attached hydrogens (primary N) is 1. The van der Waals surface area contributed by atoms with Gasteiger partial charge in [-0.2, -0.15) is 0 Å². The second-order valence-electron chi connectivity index (χ2n) is 4.45. The van der Waals surface area contributed by atoms with Gasteiger partial charge in [-0.1, -0.05) is 28.9 Å². The van der Waals surface area contributed by atoms with Crippen molar-refractivity contribution in [3.05, 3.63) is 52.3 Å². The summed E-state index contributed by atoms with van der Waals surface area (Å²) in [6.07, 6.45) is 0.750. The molecule has 0 bridgehead atoms. The Morgan fingerprint density at radius 1 is 1.24 bits per heavy atom. The number of rotatable bonds is 4. The van der Waals surface area contributed by atoms with E-state index in [9.17, 15) is 12.8 Å². The summed E-state index contributed by atoms with van der Waals surface area (Å²) >= 11 is 3.08. The van der Waals surface area contributed by atoms with Gasteiger partial charge in [0.1, 0.15) is 10.7 Å². The van der Waals surface area contributed by atoms with Gasteiger partial charge in [0.25, 0.3) is 10.0 Å². The van der Waals surface area contributed by atoms with E-state index in [0.717, 1.165) is 18.1 Å². The topological polar surface area (TPSA) is 72.2 Å². The third kappa shape index (κ3) is 3.54. The molecule has 4 nitrogen and oxygen atoms in total. The predicted octanol–water partition coefficient (Wildman–Crippen LogP) is 3.53. The summed E-state index contributed by atoms with van der Waals surface area (Å²) in [6, 6.07) is 8.63. The first kappa shape index (κ1) is 15.8. The van der Waals surface area contributed by atoms with Crippen molar-refractivity contribution in [1.29, 1.82) is 0 Å². The van der Waals surface area contributed by atoms with Crippen molar-refractivity contribution in [3.63, 3.8) is 0 Å². The normalized spacial score (nSPS) is 11.4. The van der Waals surface area contributed by atoms with Crippen LogP contribution in [0.3, 0.4) is 0 Å². The molecule has 7 heteroatoms. The maximum Gasteiger partial charge on any atom is 0.264 e. The average molecular weight is 373 g/mol. The van der Waals surface area contributed by atoms with Crippen LogP contribution in [0.15, 0.2) is 45.8 Å². The minimum absolute atomic E-state index is 0.298. The van der Waals surface area contributed by atoms with Crippen LogP contribution in [0, 0.1) is 5.82 Å². The molecular weight excluding hydrogens is 359 g/mol. The van der Waals surface area contributed by atoms with Gasteiger partial charge in [-0.15, -0.1) is 0 Å². The van der Waals surface area contributed by atoms with Crippen LogP contribution in [-0.4, -0.2) is 8.42 Å². The summed E-state index contributed by atoms with van der Waals surface area (Å²) in [5.41, 5.74) is 7.54. The van der Waals surface area contributed by atoms with Crippen LogP contribution in [-0.2, 0) is 16.4 Å². The molecule has 0 saturated carbocycles. The lowest BCUT2D eigenvalue weighted by Gasteiger charge is -2.11. The van der Waals surface area contributed by atoms with Gasteiger partial charge < -0.3 is 5.73 Å². The molecule has 0 aliphatic rings. The van der Waals surface area contributed by atoms with E-state index >= 15 is 0 Å². The summed E-state index contributed by atoms with van der Waals surface area (Å²) in [6.45, 7) is 1.95. The van der Waals surface area contributed by atoms with E-state index < -0.39 is 20.7 Å². The van der Waals surface area contributed by atoms with Gasteiger partial charge >= 0.3 is 0 Å². The molecule has 0 amide bonds. The Kier molecular flexibility index (Phi) is 4.53. The summed E-state index contributed by atoms with van der Waals surface area (Å²) in [5, 5.41) is 0. The van der Waals surface area contributed by atoms with E-state index in [2.05, 4.69) is 20.7 Å². The Hall–Kier alpha value is -1.60. The van der Waals surface area contributed by atoms with Crippen molar-refractivity contribution < 1.29 is 12.8 Å². The van der Waals surface area contributed by atoms with Crippen LogP contribution >= 0.6 is 15.9 Å². The largest absolute Gasteiger partial charge is 0.398 e. The number of benzene rings is 2. The van der Waals surface area contributed by atoms with Gasteiger partial charge in [0.15, 0.2) is 0 Å². The summed E-state index contributed by atoms with van der Waals surface area (Å²) in [7, 11) is -4.00. The predicted molar refractivity (Wildman–Crippen MR) is 85.1 cm³/mol. The van der Waals surface area contributed by atoms with Crippen LogP contribution in [0.2, 0.25) is 0 Å². The van der Waals surface area contributed by atoms with Crippen molar-refractivity contribution >= 4 is 37.3 Å². The van der Waals surface area contributed by atoms with Crippen molar-refractivity contribution in [2.75, 3.05) is 10.5 Å². The monoisotopic (exact) mass is 372 g/mol. The van der Waals surface area contributed by atoms with Crippen LogP contribution in [0.5, 0.6) is 0 Å². The van der Waals surface area contributed by atoms with Crippen molar-refractivity contribution in [2.45, 2.75) is 18.2 Å². The Labute approximate surface area is 131 Å². The summed E-state index contributed by atoms with van der Waals surface area (Å²) in [4.78, 5) is -0.413. The minimum atomic E-state index is -4.00. The van der Waals surface area contributed by atoms with Gasteiger partial charge in [-0.3, -0.25) is 4.72 Å². The Morgan fingerprint density at radius 3 is 2.52 bits per heavy atom. The molecule has 2 rings (SSSR count). The number of aryl methyl sites for hydroxylation is 1. The zero-order valence-corrected chi connectivity index (χ0v) is 13.6. The molecule has 0 aliphatic carbocycles. The highest BCUT2D eigenvalue weighted by Crippen LogP contribution is 2.24. The fourth-order valence-corrected chi connectivity index (χ4v) is 3.33. The molecule has 0 atom stereocenters. The number of hydrogen-bond donors (Lipinski definition) is 2. The molecule has 0 unspecified atom stereocenters. The molecule has 0 aromatic heterocycles. The Balaban J connectivity index is 2.35. The smallest absolute Gasteiger partial charge is 0.264 e. The number of anilines is 2. The third-order valence-electron chi connectivity index (χ3n) is 2.96. The lowest BCUT2D eigenvalue weighted by atomic mass is 10.1. The zero-order valence-electron chi connectivity index (χ0n) is 11.2. The van der Waals surface area contributed by atoms with Crippen LogP contribution in [0.4, 0.5) is 15.8 Å². The number of hydrogen-bond acceptors (Lipinski definition) is 3. The van der Waals surface area contributed by atoms with E-state index in [0.29, 0.717) is 15.8 Å².